The van der Waals surface area contributed by atoms with Crippen LogP contribution in [0.15, 0.2) is 0 Å². The zero-order valence-electron chi connectivity index (χ0n) is 10.3. The van der Waals surface area contributed by atoms with Gasteiger partial charge in [-0.25, -0.2) is 0 Å². The molecule has 0 aromatic heterocycles. The number of carbonyl (C=O) groups excluding carboxylic acids is 1. The normalized spacial score (nSPS) is 9.29. The average molecular weight is 203 g/mol. The minimum absolute atomic E-state index is 0.123. The first kappa shape index (κ1) is 15.9. The number of rotatable bonds is 5. The van der Waals surface area contributed by atoms with E-state index in [4.69, 9.17) is 0 Å². The summed E-state index contributed by atoms with van der Waals surface area (Å²) in [5, 5.41) is 0. The molecule has 3 heteroatoms. The standard InChI is InChI=1S/C6H15N.C5H10O2/c1-4-7(5-2)6-3;1-3-4-5(6)7-2/h4-6H2,1-3H3;3-4H2,1-2H3. The summed E-state index contributed by atoms with van der Waals surface area (Å²) in [5.74, 6) is -0.123. The third kappa shape index (κ3) is 11.4. The Balaban J connectivity index is 0. The van der Waals surface area contributed by atoms with Gasteiger partial charge in [-0.3, -0.25) is 4.79 Å². The van der Waals surface area contributed by atoms with E-state index in [2.05, 4.69) is 30.4 Å². The topological polar surface area (TPSA) is 29.5 Å². The van der Waals surface area contributed by atoms with E-state index in [1.165, 1.54) is 26.7 Å². The summed E-state index contributed by atoms with van der Waals surface area (Å²) in [4.78, 5) is 12.6. The van der Waals surface area contributed by atoms with Crippen molar-refractivity contribution in [2.75, 3.05) is 26.7 Å². The lowest BCUT2D eigenvalue weighted by Crippen LogP contribution is -2.21. The lowest BCUT2D eigenvalue weighted by molar-refractivity contribution is -0.140. The third-order valence-electron chi connectivity index (χ3n) is 2.02. The van der Waals surface area contributed by atoms with Crippen LogP contribution in [-0.2, 0) is 9.53 Å². The van der Waals surface area contributed by atoms with Gasteiger partial charge in [-0.2, -0.15) is 0 Å². The van der Waals surface area contributed by atoms with Crippen molar-refractivity contribution in [3.8, 4) is 0 Å². The molecule has 14 heavy (non-hydrogen) atoms. The van der Waals surface area contributed by atoms with Gasteiger partial charge in [-0.1, -0.05) is 27.7 Å². The van der Waals surface area contributed by atoms with Crippen LogP contribution in [0.1, 0.15) is 40.5 Å². The first-order valence-corrected chi connectivity index (χ1v) is 5.45. The van der Waals surface area contributed by atoms with Gasteiger partial charge >= 0.3 is 5.97 Å². The molecule has 0 aliphatic heterocycles. The number of hydrogen-bond acceptors (Lipinski definition) is 3. The maximum Gasteiger partial charge on any atom is 0.305 e. The van der Waals surface area contributed by atoms with Gasteiger partial charge in [0.15, 0.2) is 0 Å². The van der Waals surface area contributed by atoms with Crippen molar-refractivity contribution in [3.63, 3.8) is 0 Å². The van der Waals surface area contributed by atoms with Gasteiger partial charge < -0.3 is 9.64 Å². The highest BCUT2D eigenvalue weighted by Gasteiger charge is 1.92. The van der Waals surface area contributed by atoms with Crippen molar-refractivity contribution in [2.45, 2.75) is 40.5 Å². The van der Waals surface area contributed by atoms with Crippen LogP contribution in [0.5, 0.6) is 0 Å². The van der Waals surface area contributed by atoms with Crippen LogP contribution in [0.4, 0.5) is 0 Å². The lowest BCUT2D eigenvalue weighted by atomic mass is 10.3. The molecule has 0 amide bonds. The van der Waals surface area contributed by atoms with E-state index in [0.29, 0.717) is 6.42 Å². The van der Waals surface area contributed by atoms with E-state index in [1.54, 1.807) is 0 Å². The van der Waals surface area contributed by atoms with Gasteiger partial charge in [-0.05, 0) is 26.1 Å². The zero-order valence-corrected chi connectivity index (χ0v) is 10.3. The van der Waals surface area contributed by atoms with Gasteiger partial charge in [0.1, 0.15) is 0 Å². The van der Waals surface area contributed by atoms with Crippen molar-refractivity contribution < 1.29 is 9.53 Å². The van der Waals surface area contributed by atoms with Gasteiger partial charge in [0.05, 0.1) is 7.11 Å². The Labute approximate surface area is 88.4 Å². The summed E-state index contributed by atoms with van der Waals surface area (Å²) in [5.41, 5.74) is 0. The third-order valence-corrected chi connectivity index (χ3v) is 2.02. The molecule has 0 rings (SSSR count). The van der Waals surface area contributed by atoms with Crippen LogP contribution in [0.25, 0.3) is 0 Å². The molecule has 0 aliphatic carbocycles. The Bertz CT molecular complexity index is 117. The molecule has 0 bridgehead atoms. The molecule has 0 saturated carbocycles. The molecule has 0 fully saturated rings. The second-order valence-corrected chi connectivity index (χ2v) is 2.95. The quantitative estimate of drug-likeness (QED) is 0.642. The Morgan fingerprint density at radius 3 is 1.57 bits per heavy atom. The molecule has 0 saturated heterocycles. The van der Waals surface area contributed by atoms with E-state index >= 15 is 0 Å². The highest BCUT2D eigenvalue weighted by atomic mass is 16.5. The fourth-order valence-electron chi connectivity index (χ4n) is 0.977. The van der Waals surface area contributed by atoms with Gasteiger partial charge in [0.2, 0.25) is 0 Å². The molecule has 0 atom stereocenters. The highest BCUT2D eigenvalue weighted by Crippen LogP contribution is 1.86. The van der Waals surface area contributed by atoms with Gasteiger partial charge in [-0.15, -0.1) is 0 Å². The Morgan fingerprint density at radius 2 is 1.50 bits per heavy atom. The number of esters is 1. The first-order valence-electron chi connectivity index (χ1n) is 5.45. The minimum Gasteiger partial charge on any atom is -0.469 e. The van der Waals surface area contributed by atoms with E-state index in [-0.39, 0.29) is 5.97 Å². The number of carbonyl (C=O) groups is 1. The van der Waals surface area contributed by atoms with E-state index in [1.807, 2.05) is 6.92 Å². The Morgan fingerprint density at radius 1 is 1.07 bits per heavy atom. The molecule has 0 aliphatic rings. The van der Waals surface area contributed by atoms with Crippen LogP contribution in [0, 0.1) is 0 Å². The molecule has 0 aromatic rings. The van der Waals surface area contributed by atoms with Crippen molar-refractivity contribution >= 4 is 5.97 Å². The molecular formula is C11H25NO2. The molecule has 0 heterocycles. The molecule has 3 nitrogen and oxygen atoms in total. The maximum atomic E-state index is 10.2. The van der Waals surface area contributed by atoms with Gasteiger partial charge in [0, 0.05) is 6.42 Å². The average Bonchev–Trinajstić information content (AvgIpc) is 2.22. The smallest absolute Gasteiger partial charge is 0.305 e. The largest absolute Gasteiger partial charge is 0.469 e. The fourth-order valence-corrected chi connectivity index (χ4v) is 0.977. The number of nitrogens with zero attached hydrogens (tertiary/aromatic N) is 1. The first-order chi connectivity index (χ1) is 6.65. The van der Waals surface area contributed by atoms with E-state index in [9.17, 15) is 4.79 Å². The molecule has 0 N–H and O–H groups in total. The Hall–Kier alpha value is -0.570. The van der Waals surface area contributed by atoms with Crippen LogP contribution in [0.3, 0.4) is 0 Å². The van der Waals surface area contributed by atoms with Crippen molar-refractivity contribution in [3.05, 3.63) is 0 Å². The van der Waals surface area contributed by atoms with Crippen molar-refractivity contribution in [2.24, 2.45) is 0 Å². The van der Waals surface area contributed by atoms with Crippen LogP contribution in [-0.4, -0.2) is 37.6 Å². The monoisotopic (exact) mass is 203 g/mol. The molecule has 0 radical (unpaired) electrons. The zero-order chi connectivity index (χ0) is 11.4. The second-order valence-electron chi connectivity index (χ2n) is 2.95. The predicted molar refractivity (Wildman–Crippen MR) is 60.4 cm³/mol. The fraction of sp³-hybridized carbons (Fsp3) is 0.909. The van der Waals surface area contributed by atoms with E-state index in [0.717, 1.165) is 6.42 Å². The highest BCUT2D eigenvalue weighted by molar-refractivity contribution is 5.68. The summed E-state index contributed by atoms with van der Waals surface area (Å²) >= 11 is 0. The summed E-state index contributed by atoms with van der Waals surface area (Å²) in [6.07, 6.45) is 1.41. The van der Waals surface area contributed by atoms with Crippen LogP contribution in [0.2, 0.25) is 0 Å². The molecule has 0 aromatic carbocycles. The molecule has 0 unspecified atom stereocenters. The number of ether oxygens (including phenoxy) is 1. The Kier molecular flexibility index (Phi) is 14.1. The molecular weight excluding hydrogens is 178 g/mol. The predicted octanol–water partition coefficient (Wildman–Crippen LogP) is 2.31. The van der Waals surface area contributed by atoms with Gasteiger partial charge in [0.25, 0.3) is 0 Å². The number of hydrogen-bond donors (Lipinski definition) is 0. The SMILES string of the molecule is CCCC(=O)OC.CCN(CC)CC. The van der Waals surface area contributed by atoms with E-state index < -0.39 is 0 Å². The van der Waals surface area contributed by atoms with Crippen LogP contribution >= 0.6 is 0 Å². The summed E-state index contributed by atoms with van der Waals surface area (Å²) in [6.45, 7) is 12.1. The van der Waals surface area contributed by atoms with Crippen LogP contribution < -0.4 is 0 Å². The maximum absolute atomic E-state index is 10.2. The molecule has 86 valence electrons. The molecule has 0 spiro atoms. The summed E-state index contributed by atoms with van der Waals surface area (Å²) in [6, 6.07) is 0. The van der Waals surface area contributed by atoms with Crippen molar-refractivity contribution in [1.29, 1.82) is 0 Å². The lowest BCUT2D eigenvalue weighted by Gasteiger charge is -2.13. The van der Waals surface area contributed by atoms with Crippen molar-refractivity contribution in [1.82, 2.24) is 4.90 Å². The second kappa shape index (κ2) is 12.4. The number of methoxy groups -OCH3 is 1. The summed E-state index contributed by atoms with van der Waals surface area (Å²) in [7, 11) is 1.40. The minimum atomic E-state index is -0.123. The summed E-state index contributed by atoms with van der Waals surface area (Å²) < 4.78 is 4.35.